The number of cyclic esters (lactones) is 1. The van der Waals surface area contributed by atoms with Crippen LogP contribution in [0.5, 0.6) is 0 Å². The maximum Gasteiger partial charge on any atom is 0.330 e. The minimum atomic E-state index is -0.843. The predicted octanol–water partition coefficient (Wildman–Crippen LogP) is 2.49. The third-order valence-corrected chi connectivity index (χ3v) is 8.19. The fourth-order valence-corrected chi connectivity index (χ4v) is 5.82. The average molecular weight is 538 g/mol. The number of likely N-dealkylation sites (N-methyl/N-ethyl adjacent to an activating group) is 1. The number of hydrogen-bond acceptors (Lipinski definition) is 9. The Kier molecular flexibility index (Phi) is 11.1. The first-order chi connectivity index (χ1) is 18.0. The van der Waals surface area contributed by atoms with E-state index in [1.807, 2.05) is 53.6 Å². The van der Waals surface area contributed by atoms with Crippen molar-refractivity contribution in [1.82, 2.24) is 4.90 Å². The number of hydrogen-bond donors (Lipinski definition) is 2. The van der Waals surface area contributed by atoms with Gasteiger partial charge in [-0.1, -0.05) is 33.8 Å². The topological polar surface area (TPSA) is 118 Å². The molecule has 0 spiro atoms. The molecule has 0 aromatic heterocycles. The van der Waals surface area contributed by atoms with Gasteiger partial charge in [-0.15, -0.1) is 0 Å². The zero-order valence-corrected chi connectivity index (χ0v) is 23.9. The highest BCUT2D eigenvalue weighted by Crippen LogP contribution is 2.35. The van der Waals surface area contributed by atoms with E-state index in [1.165, 1.54) is 6.08 Å². The van der Waals surface area contributed by atoms with E-state index in [-0.39, 0.29) is 60.4 Å². The van der Waals surface area contributed by atoms with Crippen molar-refractivity contribution in [1.29, 1.82) is 0 Å². The van der Waals surface area contributed by atoms with Crippen LogP contribution < -0.4 is 0 Å². The minimum Gasteiger partial charge on any atom is -0.459 e. The number of ether oxygens (including phenoxy) is 4. The molecule has 9 nitrogen and oxygen atoms in total. The minimum absolute atomic E-state index is 0.00518. The van der Waals surface area contributed by atoms with Crippen molar-refractivity contribution in [2.24, 2.45) is 23.7 Å². The van der Waals surface area contributed by atoms with E-state index in [0.717, 1.165) is 0 Å². The van der Waals surface area contributed by atoms with Crippen LogP contribution in [-0.4, -0.2) is 96.5 Å². The molecule has 0 radical (unpaired) electrons. The lowest BCUT2D eigenvalue weighted by Crippen LogP contribution is -2.55. The highest BCUT2D eigenvalue weighted by Gasteiger charge is 2.47. The van der Waals surface area contributed by atoms with Crippen molar-refractivity contribution >= 4 is 11.8 Å². The molecule has 12 atom stereocenters. The summed E-state index contributed by atoms with van der Waals surface area (Å²) in [5.74, 6) is -1.46. The van der Waals surface area contributed by atoms with Gasteiger partial charge in [-0.25, -0.2) is 4.79 Å². The van der Waals surface area contributed by atoms with Crippen LogP contribution in [0.3, 0.4) is 0 Å². The van der Waals surface area contributed by atoms with E-state index >= 15 is 0 Å². The average Bonchev–Trinajstić information content (AvgIpc) is 3.63. The summed E-state index contributed by atoms with van der Waals surface area (Å²) in [6.07, 6.45) is 4.92. The van der Waals surface area contributed by atoms with Crippen LogP contribution in [0.1, 0.15) is 53.9 Å². The van der Waals surface area contributed by atoms with Crippen molar-refractivity contribution in [3.63, 3.8) is 0 Å². The molecule has 3 heterocycles. The van der Waals surface area contributed by atoms with Crippen LogP contribution in [0.4, 0.5) is 0 Å². The van der Waals surface area contributed by atoms with Gasteiger partial charge < -0.3 is 34.1 Å². The van der Waals surface area contributed by atoms with Gasteiger partial charge in [0.25, 0.3) is 0 Å². The fourth-order valence-electron chi connectivity index (χ4n) is 5.82. The van der Waals surface area contributed by atoms with Crippen LogP contribution in [0, 0.1) is 23.7 Å². The summed E-state index contributed by atoms with van der Waals surface area (Å²) in [6, 6.07) is -0.115. The lowest BCUT2D eigenvalue weighted by Gasteiger charge is -2.43. The summed E-state index contributed by atoms with van der Waals surface area (Å²) in [5, 5.41) is 21.0. The number of aliphatic hydroxyl groups is 2. The van der Waals surface area contributed by atoms with Crippen molar-refractivity contribution in [3.05, 3.63) is 24.3 Å². The molecule has 0 aliphatic carbocycles. The Morgan fingerprint density at radius 1 is 1.05 bits per heavy atom. The van der Waals surface area contributed by atoms with Gasteiger partial charge in [0.05, 0.1) is 24.9 Å². The van der Waals surface area contributed by atoms with Gasteiger partial charge in [0.2, 0.25) is 0 Å². The van der Waals surface area contributed by atoms with Gasteiger partial charge in [0, 0.05) is 29.9 Å². The maximum absolute atomic E-state index is 12.9. The first kappa shape index (κ1) is 30.9. The van der Waals surface area contributed by atoms with E-state index in [2.05, 4.69) is 0 Å². The van der Waals surface area contributed by atoms with Crippen molar-refractivity contribution in [2.75, 3.05) is 20.7 Å². The second-order valence-corrected chi connectivity index (χ2v) is 11.6. The number of epoxide rings is 1. The van der Waals surface area contributed by atoms with Gasteiger partial charge in [-0.05, 0) is 58.4 Å². The fraction of sp³-hybridized carbons (Fsp3) is 0.793. The molecule has 38 heavy (non-hydrogen) atoms. The number of aliphatic hydroxyl groups excluding tert-OH is 2. The SMILES string of the molecule is CC[C@H]1OC(=O)/C=C/[C@H](C)[C@@H](O[C@H]2O[C@@H](C)C[C@H](N(C)C)[C@H]2O)[C@H](C)C[C@@H](C)C(=O)/C=C/[C@H]2O[C@@H]2[C@@H]1CO. The number of fused-ring (bicyclic) bond motifs is 1. The normalized spacial score (nSPS) is 44.8. The quantitative estimate of drug-likeness (QED) is 0.403. The molecule has 0 aromatic carbocycles. The number of esters is 1. The number of carbonyl (C=O) groups excluding carboxylic acids is 2. The third kappa shape index (κ3) is 7.73. The van der Waals surface area contributed by atoms with E-state index < -0.39 is 30.6 Å². The summed E-state index contributed by atoms with van der Waals surface area (Å²) in [7, 11) is 3.85. The van der Waals surface area contributed by atoms with Gasteiger partial charge in [0.15, 0.2) is 12.1 Å². The van der Waals surface area contributed by atoms with Crippen LogP contribution in [-0.2, 0) is 28.5 Å². The van der Waals surface area contributed by atoms with E-state index in [1.54, 1.807) is 18.2 Å². The number of allylic oxidation sites excluding steroid dienone is 1. The number of ketones is 1. The molecule has 2 N–H and O–H groups in total. The molecule has 3 aliphatic heterocycles. The van der Waals surface area contributed by atoms with Gasteiger partial charge in [0.1, 0.15) is 18.3 Å². The molecule has 0 unspecified atom stereocenters. The summed E-state index contributed by atoms with van der Waals surface area (Å²) in [4.78, 5) is 27.7. The lowest BCUT2D eigenvalue weighted by atomic mass is 9.84. The van der Waals surface area contributed by atoms with Crippen molar-refractivity contribution in [2.45, 2.75) is 103 Å². The van der Waals surface area contributed by atoms with Crippen molar-refractivity contribution < 1.29 is 38.7 Å². The Morgan fingerprint density at radius 3 is 2.39 bits per heavy atom. The number of nitrogens with zero attached hydrogens (tertiary/aromatic N) is 1. The molecule has 3 rings (SSSR count). The predicted molar refractivity (Wildman–Crippen MR) is 142 cm³/mol. The molecule has 0 aromatic rings. The third-order valence-electron chi connectivity index (χ3n) is 8.19. The zero-order valence-electron chi connectivity index (χ0n) is 23.9. The second kappa shape index (κ2) is 13.6. The molecular weight excluding hydrogens is 490 g/mol. The van der Waals surface area contributed by atoms with Crippen LogP contribution in [0.2, 0.25) is 0 Å². The van der Waals surface area contributed by atoms with E-state index in [0.29, 0.717) is 19.3 Å². The first-order valence-corrected chi connectivity index (χ1v) is 14.0. The monoisotopic (exact) mass is 537 g/mol. The molecule has 216 valence electrons. The molecule has 0 bridgehead atoms. The van der Waals surface area contributed by atoms with Crippen LogP contribution in [0.25, 0.3) is 0 Å². The van der Waals surface area contributed by atoms with Crippen molar-refractivity contribution in [3.8, 4) is 0 Å². The van der Waals surface area contributed by atoms with Gasteiger partial charge in [-0.3, -0.25) is 4.79 Å². The Balaban J connectivity index is 1.86. The standard InChI is InChI=1S/C29H47NO8/c1-8-23-20(15-31)28-24(37-28)11-10-22(32)17(3)13-18(4)27(16(2)9-12-25(33)36-23)38-29-26(34)21(30(6)7)14-19(5)35-29/h9-12,16-21,23-24,26-29,31,34H,8,13-15H2,1-7H3/b11-10+,12-9+/t16-,17+,18+,19-,20+,21-,23+,24+,26+,27+,28+,29+/m0/s1. The summed E-state index contributed by atoms with van der Waals surface area (Å²) in [5.41, 5.74) is 0. The molecule has 2 fully saturated rings. The second-order valence-electron chi connectivity index (χ2n) is 11.6. The molecule has 0 amide bonds. The number of carbonyl (C=O) groups is 2. The summed E-state index contributed by atoms with van der Waals surface area (Å²) < 4.78 is 23.9. The molecule has 9 heteroatoms. The molecule has 3 aliphatic rings. The Hall–Kier alpha value is -1.62. The first-order valence-electron chi connectivity index (χ1n) is 14.0. The van der Waals surface area contributed by atoms with Gasteiger partial charge in [-0.2, -0.15) is 0 Å². The Labute approximate surface area is 227 Å². The Morgan fingerprint density at radius 2 is 1.76 bits per heavy atom. The van der Waals surface area contributed by atoms with Gasteiger partial charge >= 0.3 is 5.97 Å². The lowest BCUT2D eigenvalue weighted by molar-refractivity contribution is -0.277. The number of rotatable bonds is 5. The van der Waals surface area contributed by atoms with Crippen LogP contribution in [0.15, 0.2) is 24.3 Å². The summed E-state index contributed by atoms with van der Waals surface area (Å²) in [6.45, 7) is 9.53. The van der Waals surface area contributed by atoms with E-state index in [9.17, 15) is 19.8 Å². The molecule has 0 saturated carbocycles. The van der Waals surface area contributed by atoms with Crippen LogP contribution >= 0.6 is 0 Å². The highest BCUT2D eigenvalue weighted by molar-refractivity contribution is 5.91. The van der Waals surface area contributed by atoms with E-state index in [4.69, 9.17) is 18.9 Å². The maximum atomic E-state index is 12.9. The molecule has 2 saturated heterocycles. The Bertz CT molecular complexity index is 860. The smallest absolute Gasteiger partial charge is 0.330 e. The molecular formula is C29H47NO8. The zero-order chi connectivity index (χ0) is 28.1. The largest absolute Gasteiger partial charge is 0.459 e. The summed E-state index contributed by atoms with van der Waals surface area (Å²) >= 11 is 0. The highest BCUT2D eigenvalue weighted by atomic mass is 16.7.